The molecule has 0 radical (unpaired) electrons. The van der Waals surface area contributed by atoms with E-state index >= 15 is 0 Å². The molecule has 9 nitrogen and oxygen atoms in total. The first kappa shape index (κ1) is 20.6. The molecule has 0 saturated carbocycles. The SMILES string of the molecule is COc1ccccc1-n1nc(C(=O)Nc2sc3c(c2C(N)=O)CCCC3)c(O)cc1=O. The number of carbonyl (C=O) groups excluding carboxylic acids is 2. The molecule has 1 aliphatic rings. The zero-order valence-electron chi connectivity index (χ0n) is 16.7. The third kappa shape index (κ3) is 3.77. The van der Waals surface area contributed by atoms with Crippen LogP contribution >= 0.6 is 11.3 Å². The van der Waals surface area contributed by atoms with Gasteiger partial charge in [0, 0.05) is 10.9 Å². The number of benzene rings is 1. The van der Waals surface area contributed by atoms with Crippen LogP contribution in [0.1, 0.15) is 44.1 Å². The van der Waals surface area contributed by atoms with Crippen LogP contribution in [0.15, 0.2) is 35.1 Å². The van der Waals surface area contributed by atoms with Gasteiger partial charge in [-0.15, -0.1) is 11.3 Å². The highest BCUT2D eigenvalue weighted by molar-refractivity contribution is 7.17. The van der Waals surface area contributed by atoms with Gasteiger partial charge in [0.1, 0.15) is 16.4 Å². The molecule has 0 unspecified atom stereocenters. The van der Waals surface area contributed by atoms with Crippen LogP contribution in [-0.4, -0.2) is 33.8 Å². The third-order valence-corrected chi connectivity index (χ3v) is 6.29. The Morgan fingerprint density at radius 3 is 2.74 bits per heavy atom. The van der Waals surface area contributed by atoms with Crippen molar-refractivity contribution in [2.45, 2.75) is 25.7 Å². The van der Waals surface area contributed by atoms with Gasteiger partial charge < -0.3 is 20.9 Å². The third-order valence-electron chi connectivity index (χ3n) is 5.08. The van der Waals surface area contributed by atoms with Crippen molar-refractivity contribution in [2.24, 2.45) is 5.73 Å². The van der Waals surface area contributed by atoms with Gasteiger partial charge in [0.2, 0.25) is 0 Å². The summed E-state index contributed by atoms with van der Waals surface area (Å²) in [6.07, 6.45) is 3.50. The van der Waals surface area contributed by atoms with Crippen molar-refractivity contribution in [3.63, 3.8) is 0 Å². The Balaban J connectivity index is 1.74. The molecule has 2 heterocycles. The molecule has 2 amide bonds. The summed E-state index contributed by atoms with van der Waals surface area (Å²) in [5, 5.41) is 17.2. The number of hydrogen-bond donors (Lipinski definition) is 3. The predicted molar refractivity (Wildman–Crippen MR) is 115 cm³/mol. The number of methoxy groups -OCH3 is 1. The molecule has 0 aliphatic heterocycles. The van der Waals surface area contributed by atoms with Gasteiger partial charge in [-0.2, -0.15) is 9.78 Å². The number of aromatic hydroxyl groups is 1. The van der Waals surface area contributed by atoms with Crippen molar-refractivity contribution in [3.05, 3.63) is 62.4 Å². The van der Waals surface area contributed by atoms with Gasteiger partial charge in [0.25, 0.3) is 17.4 Å². The van der Waals surface area contributed by atoms with Crippen LogP contribution in [-0.2, 0) is 12.8 Å². The average molecular weight is 440 g/mol. The van der Waals surface area contributed by atoms with Crippen LogP contribution in [0.5, 0.6) is 11.5 Å². The first-order valence-corrected chi connectivity index (χ1v) is 10.4. The Hall–Kier alpha value is -3.66. The monoisotopic (exact) mass is 440 g/mol. The van der Waals surface area contributed by atoms with Crippen molar-refractivity contribution in [3.8, 4) is 17.2 Å². The summed E-state index contributed by atoms with van der Waals surface area (Å²) in [5.41, 5.74) is 6.05. The Kier molecular flexibility index (Phi) is 5.47. The fraction of sp³-hybridized carbons (Fsp3) is 0.238. The maximum atomic E-state index is 12.9. The number of nitrogens with two attached hydrogens (primary N) is 1. The van der Waals surface area contributed by atoms with Gasteiger partial charge in [0.05, 0.1) is 12.7 Å². The fourth-order valence-electron chi connectivity index (χ4n) is 3.66. The summed E-state index contributed by atoms with van der Waals surface area (Å²) >= 11 is 1.30. The van der Waals surface area contributed by atoms with Gasteiger partial charge in [-0.1, -0.05) is 12.1 Å². The van der Waals surface area contributed by atoms with Crippen LogP contribution < -0.4 is 21.3 Å². The second kappa shape index (κ2) is 8.23. The molecule has 4 rings (SSSR count). The lowest BCUT2D eigenvalue weighted by Crippen LogP contribution is -2.26. The molecule has 1 aliphatic carbocycles. The Morgan fingerprint density at radius 2 is 2.00 bits per heavy atom. The van der Waals surface area contributed by atoms with Crippen LogP contribution in [0.2, 0.25) is 0 Å². The number of fused-ring (bicyclic) bond motifs is 1. The number of ether oxygens (including phenoxy) is 1. The molecule has 31 heavy (non-hydrogen) atoms. The number of aryl methyl sites for hydroxylation is 1. The second-order valence-electron chi connectivity index (χ2n) is 7.03. The minimum atomic E-state index is -0.762. The number of anilines is 1. The highest BCUT2D eigenvalue weighted by atomic mass is 32.1. The Bertz CT molecular complexity index is 1250. The highest BCUT2D eigenvalue weighted by Crippen LogP contribution is 2.38. The molecule has 0 saturated heterocycles. The largest absolute Gasteiger partial charge is 0.505 e. The quantitative estimate of drug-likeness (QED) is 0.557. The van der Waals surface area contributed by atoms with E-state index in [4.69, 9.17) is 10.5 Å². The first-order chi connectivity index (χ1) is 14.9. The minimum Gasteiger partial charge on any atom is -0.505 e. The summed E-state index contributed by atoms with van der Waals surface area (Å²) in [6.45, 7) is 0. The highest BCUT2D eigenvalue weighted by Gasteiger charge is 2.26. The summed E-state index contributed by atoms with van der Waals surface area (Å²) in [6, 6.07) is 7.57. The average Bonchev–Trinajstić information content (AvgIpc) is 3.11. The van der Waals surface area contributed by atoms with Gasteiger partial charge in [-0.05, 0) is 43.4 Å². The summed E-state index contributed by atoms with van der Waals surface area (Å²) < 4.78 is 6.23. The van der Waals surface area contributed by atoms with E-state index in [1.807, 2.05) is 0 Å². The molecule has 2 aromatic heterocycles. The van der Waals surface area contributed by atoms with E-state index in [2.05, 4.69) is 10.4 Å². The molecule has 10 heteroatoms. The maximum Gasteiger partial charge on any atom is 0.280 e. The van der Waals surface area contributed by atoms with Gasteiger partial charge >= 0.3 is 0 Å². The number of nitrogens with zero attached hydrogens (tertiary/aromatic N) is 2. The van der Waals surface area contributed by atoms with E-state index in [1.54, 1.807) is 24.3 Å². The summed E-state index contributed by atoms with van der Waals surface area (Å²) in [4.78, 5) is 38.4. The predicted octanol–water partition coefficient (Wildman–Crippen LogP) is 2.24. The van der Waals surface area contributed by atoms with Crippen molar-refractivity contribution in [1.29, 1.82) is 0 Å². The standard InChI is InChI=1S/C21H20N4O5S/c1-30-14-8-4-3-7-12(14)25-16(27)10-13(26)18(24-25)20(29)23-21-17(19(22)28)11-6-2-5-9-15(11)31-21/h3-4,7-8,10,26H,2,5-6,9H2,1H3,(H2,22,28)(H,23,29). The topological polar surface area (TPSA) is 137 Å². The van der Waals surface area contributed by atoms with Gasteiger partial charge in [0.15, 0.2) is 11.4 Å². The molecule has 0 spiro atoms. The lowest BCUT2D eigenvalue weighted by molar-refractivity contribution is 0.100. The molecule has 1 aromatic carbocycles. The Labute approximate surface area is 181 Å². The van der Waals surface area contributed by atoms with E-state index in [0.717, 1.165) is 46.9 Å². The maximum absolute atomic E-state index is 12.9. The number of para-hydroxylation sites is 2. The minimum absolute atomic E-state index is 0.297. The van der Waals surface area contributed by atoms with Gasteiger partial charge in [-0.3, -0.25) is 14.4 Å². The molecular formula is C21H20N4O5S. The van der Waals surface area contributed by atoms with Crippen molar-refractivity contribution >= 4 is 28.2 Å². The first-order valence-electron chi connectivity index (χ1n) is 9.63. The lowest BCUT2D eigenvalue weighted by Gasteiger charge is -2.12. The molecule has 4 N–H and O–H groups in total. The number of hydrogen-bond acceptors (Lipinski definition) is 7. The molecule has 3 aromatic rings. The molecule has 160 valence electrons. The lowest BCUT2D eigenvalue weighted by atomic mass is 9.95. The molecule has 0 atom stereocenters. The molecule has 0 bridgehead atoms. The van der Waals surface area contributed by atoms with E-state index < -0.39 is 23.1 Å². The number of primary amides is 1. The summed E-state index contributed by atoms with van der Waals surface area (Å²) in [7, 11) is 1.45. The van der Waals surface area contributed by atoms with Crippen molar-refractivity contribution in [1.82, 2.24) is 9.78 Å². The normalized spacial score (nSPS) is 12.8. The van der Waals surface area contributed by atoms with Gasteiger partial charge in [-0.25, -0.2) is 0 Å². The van der Waals surface area contributed by atoms with Crippen molar-refractivity contribution < 1.29 is 19.4 Å². The number of nitrogens with one attached hydrogen (secondary N) is 1. The molecular weight excluding hydrogens is 420 g/mol. The zero-order valence-corrected chi connectivity index (χ0v) is 17.5. The van der Waals surface area contributed by atoms with Crippen LogP contribution in [0, 0.1) is 0 Å². The fourth-order valence-corrected chi connectivity index (χ4v) is 4.95. The van der Waals surface area contributed by atoms with E-state index in [0.29, 0.717) is 22.0 Å². The van der Waals surface area contributed by atoms with E-state index in [1.165, 1.54) is 18.4 Å². The van der Waals surface area contributed by atoms with Crippen molar-refractivity contribution in [2.75, 3.05) is 12.4 Å². The molecule has 0 fully saturated rings. The van der Waals surface area contributed by atoms with Crippen LogP contribution in [0.25, 0.3) is 5.69 Å². The number of rotatable bonds is 5. The number of aromatic nitrogens is 2. The number of amides is 2. The zero-order chi connectivity index (χ0) is 22.1. The number of carbonyl (C=O) groups is 2. The summed E-state index contributed by atoms with van der Waals surface area (Å²) in [5.74, 6) is -1.58. The van der Waals surface area contributed by atoms with Crippen LogP contribution in [0.4, 0.5) is 5.00 Å². The Morgan fingerprint density at radius 1 is 1.26 bits per heavy atom. The smallest absolute Gasteiger partial charge is 0.280 e. The van der Waals surface area contributed by atoms with Crippen LogP contribution in [0.3, 0.4) is 0 Å². The second-order valence-corrected chi connectivity index (χ2v) is 8.14. The van der Waals surface area contributed by atoms with E-state index in [-0.39, 0.29) is 5.69 Å². The van der Waals surface area contributed by atoms with E-state index in [9.17, 15) is 19.5 Å². The number of thiophene rings is 1.